The quantitative estimate of drug-likeness (QED) is 0.469. The van der Waals surface area contributed by atoms with E-state index in [2.05, 4.69) is 4.98 Å². The summed E-state index contributed by atoms with van der Waals surface area (Å²) in [6.07, 6.45) is 1.68. The maximum absolute atomic E-state index is 12.9. The first-order valence-electron chi connectivity index (χ1n) is 8.52. The van der Waals surface area contributed by atoms with Crippen molar-refractivity contribution >= 4 is 22.1 Å². The highest BCUT2D eigenvalue weighted by Crippen LogP contribution is 2.27. The van der Waals surface area contributed by atoms with Crippen molar-refractivity contribution < 1.29 is 14.3 Å². The van der Waals surface area contributed by atoms with Gasteiger partial charge >= 0.3 is 0 Å². The van der Waals surface area contributed by atoms with E-state index in [1.54, 1.807) is 49.0 Å². The molecule has 0 unspecified atom stereocenters. The number of fused-ring (bicyclic) bond motifs is 1. The molecule has 2 aromatic heterocycles. The molecule has 7 heteroatoms. The molecular weight excluding hydrogens is 376 g/mol. The molecule has 0 atom stereocenters. The molecule has 0 N–H and O–H groups in total. The second kappa shape index (κ2) is 7.66. The largest absolute Gasteiger partial charge is 0.497 e. The van der Waals surface area contributed by atoms with Crippen molar-refractivity contribution in [3.63, 3.8) is 0 Å². The van der Waals surface area contributed by atoms with Gasteiger partial charge in [0.2, 0.25) is 0 Å². The minimum atomic E-state index is -0.170. The molecule has 0 saturated carbocycles. The zero-order valence-electron chi connectivity index (χ0n) is 15.0. The molecule has 28 heavy (non-hydrogen) atoms. The van der Waals surface area contributed by atoms with Crippen LogP contribution in [-0.2, 0) is 6.61 Å². The van der Waals surface area contributed by atoms with Crippen molar-refractivity contribution in [1.29, 1.82) is 0 Å². The highest BCUT2D eigenvalue weighted by atomic mass is 32.1. The molecule has 0 aliphatic carbocycles. The highest BCUT2D eigenvalue weighted by Gasteiger charge is 2.16. The van der Waals surface area contributed by atoms with Gasteiger partial charge in [-0.1, -0.05) is 30.3 Å². The molecule has 0 fully saturated rings. The average Bonchev–Trinajstić information content (AvgIpc) is 3.21. The number of rotatable bonds is 6. The lowest BCUT2D eigenvalue weighted by atomic mass is 10.0. The number of aromatic nitrogens is 2. The first kappa shape index (κ1) is 17.9. The normalized spacial score (nSPS) is 10.8. The lowest BCUT2D eigenvalue weighted by Crippen LogP contribution is -2.14. The van der Waals surface area contributed by atoms with Crippen molar-refractivity contribution in [3.05, 3.63) is 93.3 Å². The van der Waals surface area contributed by atoms with E-state index in [0.717, 1.165) is 0 Å². The maximum atomic E-state index is 12.9. The Kier molecular flexibility index (Phi) is 4.90. The molecule has 4 rings (SSSR count). The SMILES string of the molecule is COc1ccc(C(=O)c2ccccc2)c(OCc2cc(=O)n3ccsc3n2)c1. The molecule has 140 valence electrons. The van der Waals surface area contributed by atoms with Crippen LogP contribution in [0.3, 0.4) is 0 Å². The van der Waals surface area contributed by atoms with Crippen molar-refractivity contribution in [2.75, 3.05) is 7.11 Å². The smallest absolute Gasteiger partial charge is 0.258 e. The predicted molar refractivity (Wildman–Crippen MR) is 107 cm³/mol. The second-order valence-corrected chi connectivity index (χ2v) is 6.86. The van der Waals surface area contributed by atoms with Crippen molar-refractivity contribution in [2.24, 2.45) is 0 Å². The van der Waals surface area contributed by atoms with Crippen molar-refractivity contribution in [3.8, 4) is 11.5 Å². The summed E-state index contributed by atoms with van der Waals surface area (Å²) in [6.45, 7) is 0.0614. The Bertz CT molecular complexity index is 1200. The minimum Gasteiger partial charge on any atom is -0.497 e. The third-order valence-electron chi connectivity index (χ3n) is 4.20. The number of carbonyl (C=O) groups is 1. The molecule has 0 bridgehead atoms. The first-order valence-corrected chi connectivity index (χ1v) is 9.40. The summed E-state index contributed by atoms with van der Waals surface area (Å²) in [7, 11) is 1.55. The monoisotopic (exact) mass is 392 g/mol. The third-order valence-corrected chi connectivity index (χ3v) is 4.96. The van der Waals surface area contributed by atoms with Gasteiger partial charge in [-0.2, -0.15) is 0 Å². The molecule has 0 spiro atoms. The van der Waals surface area contributed by atoms with Crippen LogP contribution < -0.4 is 15.0 Å². The summed E-state index contributed by atoms with van der Waals surface area (Å²) in [6, 6.07) is 15.5. The number of benzene rings is 2. The molecule has 6 nitrogen and oxygen atoms in total. The molecule has 2 heterocycles. The number of methoxy groups -OCH3 is 1. The van der Waals surface area contributed by atoms with Gasteiger partial charge < -0.3 is 9.47 Å². The van der Waals surface area contributed by atoms with E-state index in [9.17, 15) is 9.59 Å². The van der Waals surface area contributed by atoms with E-state index in [1.807, 2.05) is 18.2 Å². The van der Waals surface area contributed by atoms with Gasteiger partial charge in [-0.05, 0) is 12.1 Å². The topological polar surface area (TPSA) is 69.9 Å². The third kappa shape index (κ3) is 3.52. The van der Waals surface area contributed by atoms with Crippen LogP contribution in [0.4, 0.5) is 0 Å². The fourth-order valence-electron chi connectivity index (χ4n) is 2.80. The summed E-state index contributed by atoms with van der Waals surface area (Å²) in [5.41, 5.74) is 1.30. The van der Waals surface area contributed by atoms with Crippen molar-refractivity contribution in [1.82, 2.24) is 9.38 Å². The fraction of sp³-hybridized carbons (Fsp3) is 0.0952. The number of ether oxygens (including phenoxy) is 2. The zero-order chi connectivity index (χ0) is 19.5. The van der Waals surface area contributed by atoms with Gasteiger partial charge in [-0.25, -0.2) is 4.98 Å². The lowest BCUT2D eigenvalue weighted by molar-refractivity contribution is 0.103. The molecule has 0 saturated heterocycles. The van der Waals surface area contributed by atoms with Crippen LogP contribution in [0.5, 0.6) is 11.5 Å². The number of hydrogen-bond acceptors (Lipinski definition) is 6. The first-order chi connectivity index (χ1) is 13.7. The van der Waals surface area contributed by atoms with E-state index in [1.165, 1.54) is 21.8 Å². The number of ketones is 1. The number of carbonyl (C=O) groups excluding carboxylic acids is 1. The molecule has 0 radical (unpaired) electrons. The van der Waals surface area contributed by atoms with Crippen LogP contribution in [0.2, 0.25) is 0 Å². The Morgan fingerprint density at radius 3 is 2.75 bits per heavy atom. The number of hydrogen-bond donors (Lipinski definition) is 0. The van der Waals surface area contributed by atoms with Gasteiger partial charge in [0.15, 0.2) is 10.7 Å². The zero-order valence-corrected chi connectivity index (χ0v) is 15.8. The fourth-order valence-corrected chi connectivity index (χ4v) is 3.53. The van der Waals surface area contributed by atoms with E-state index >= 15 is 0 Å². The van der Waals surface area contributed by atoms with Crippen LogP contribution in [0.25, 0.3) is 4.96 Å². The van der Waals surface area contributed by atoms with Crippen LogP contribution >= 0.6 is 11.3 Å². The van der Waals surface area contributed by atoms with Gasteiger partial charge in [-0.3, -0.25) is 14.0 Å². The van der Waals surface area contributed by atoms with E-state index in [-0.39, 0.29) is 17.9 Å². The summed E-state index contributed by atoms with van der Waals surface area (Å²) in [5, 5.41) is 1.80. The predicted octanol–water partition coefficient (Wildman–Crippen LogP) is 3.57. The Hall–Kier alpha value is -3.45. The summed E-state index contributed by atoms with van der Waals surface area (Å²) < 4.78 is 12.6. The Labute approximate surface area is 164 Å². The van der Waals surface area contributed by atoms with Crippen molar-refractivity contribution in [2.45, 2.75) is 6.61 Å². The summed E-state index contributed by atoms with van der Waals surface area (Å²) >= 11 is 1.37. The average molecular weight is 392 g/mol. The Morgan fingerprint density at radius 1 is 1.14 bits per heavy atom. The Balaban J connectivity index is 1.65. The number of thiazole rings is 1. The van der Waals surface area contributed by atoms with Gasteiger partial charge in [0, 0.05) is 29.3 Å². The van der Waals surface area contributed by atoms with Crippen LogP contribution in [0.15, 0.2) is 71.0 Å². The highest BCUT2D eigenvalue weighted by molar-refractivity contribution is 7.15. The molecule has 0 aliphatic rings. The molecular formula is C21H16N2O4S. The van der Waals surface area contributed by atoms with Gasteiger partial charge in [0.25, 0.3) is 5.56 Å². The second-order valence-electron chi connectivity index (χ2n) is 5.99. The number of nitrogens with zero attached hydrogens (tertiary/aromatic N) is 2. The molecule has 0 aliphatic heterocycles. The summed E-state index contributed by atoms with van der Waals surface area (Å²) in [4.78, 5) is 30.0. The molecule has 0 amide bonds. The van der Waals surface area contributed by atoms with Crippen LogP contribution in [0, 0.1) is 0 Å². The van der Waals surface area contributed by atoms with Gasteiger partial charge in [0.05, 0.1) is 18.4 Å². The molecule has 4 aromatic rings. The van der Waals surface area contributed by atoms with Gasteiger partial charge in [-0.15, -0.1) is 11.3 Å². The standard InChI is InChI=1S/C21H16N2O4S/c1-26-16-7-8-17(20(25)14-5-3-2-4-6-14)18(12-16)27-13-15-11-19(24)23-9-10-28-21(23)22-15/h2-12H,13H2,1H3. The van der Waals surface area contributed by atoms with E-state index in [0.29, 0.717) is 33.3 Å². The lowest BCUT2D eigenvalue weighted by Gasteiger charge is -2.12. The van der Waals surface area contributed by atoms with E-state index in [4.69, 9.17) is 9.47 Å². The van der Waals surface area contributed by atoms with Gasteiger partial charge in [0.1, 0.15) is 18.1 Å². The molecule has 2 aromatic carbocycles. The maximum Gasteiger partial charge on any atom is 0.258 e. The Morgan fingerprint density at radius 2 is 1.96 bits per heavy atom. The summed E-state index contributed by atoms with van der Waals surface area (Å²) in [5.74, 6) is 0.794. The van der Waals surface area contributed by atoms with E-state index < -0.39 is 0 Å². The van der Waals surface area contributed by atoms with Crippen LogP contribution in [-0.4, -0.2) is 22.3 Å². The minimum absolute atomic E-state index is 0.0614. The van der Waals surface area contributed by atoms with Crippen LogP contribution in [0.1, 0.15) is 21.6 Å².